The summed E-state index contributed by atoms with van der Waals surface area (Å²) in [4.78, 5) is 3.97. The van der Waals surface area contributed by atoms with E-state index in [-0.39, 0.29) is 5.54 Å². The van der Waals surface area contributed by atoms with Gasteiger partial charge in [0.25, 0.3) is 0 Å². The summed E-state index contributed by atoms with van der Waals surface area (Å²) in [5.41, 5.74) is 4.76. The van der Waals surface area contributed by atoms with Gasteiger partial charge < -0.3 is 10.2 Å². The maximum absolute atomic E-state index is 3.54. The largest absolute Gasteiger partial charge is 0.310 e. The Kier molecular flexibility index (Phi) is 3.53. The second-order valence-corrected chi connectivity index (χ2v) is 8.80. The summed E-state index contributed by atoms with van der Waals surface area (Å²) in [5.74, 6) is 0.491. The third-order valence-electron chi connectivity index (χ3n) is 6.02. The van der Waals surface area contributed by atoms with Gasteiger partial charge in [-0.05, 0) is 61.1 Å². The molecule has 0 spiro atoms. The lowest BCUT2D eigenvalue weighted by molar-refractivity contribution is 0.296. The number of likely N-dealkylation sites (N-methyl/N-ethyl adjacent to an activating group) is 1. The molecule has 1 aliphatic heterocycles. The highest BCUT2D eigenvalue weighted by Crippen LogP contribution is 2.47. The van der Waals surface area contributed by atoms with Crippen LogP contribution in [-0.2, 0) is 12.1 Å². The van der Waals surface area contributed by atoms with Crippen molar-refractivity contribution < 1.29 is 0 Å². The maximum Gasteiger partial charge on any atom is 0.0433 e. The van der Waals surface area contributed by atoms with Gasteiger partial charge in [-0.3, -0.25) is 0 Å². The molecule has 3 heteroatoms. The van der Waals surface area contributed by atoms with Crippen LogP contribution in [0.1, 0.15) is 40.3 Å². The fraction of sp³-hybridized carbons (Fsp3) is 0.364. The first-order chi connectivity index (χ1) is 12.2. The molecule has 5 rings (SSSR count). The van der Waals surface area contributed by atoms with Crippen molar-refractivity contribution in [3.63, 3.8) is 0 Å². The van der Waals surface area contributed by atoms with Gasteiger partial charge in [0, 0.05) is 34.1 Å². The van der Waals surface area contributed by atoms with Crippen LogP contribution < -0.4 is 5.32 Å². The number of hydrogen-bond acceptors (Lipinski definition) is 3. The number of hydrogen-bond donors (Lipinski definition) is 1. The Morgan fingerprint density at radius 3 is 2.72 bits per heavy atom. The zero-order valence-corrected chi connectivity index (χ0v) is 15.7. The van der Waals surface area contributed by atoms with Gasteiger partial charge in [-0.1, -0.05) is 36.4 Å². The molecular weight excluding hydrogens is 324 g/mol. The van der Waals surface area contributed by atoms with Crippen molar-refractivity contribution in [1.82, 2.24) is 10.2 Å². The zero-order chi connectivity index (χ0) is 17.0. The van der Waals surface area contributed by atoms with Crippen LogP contribution >= 0.6 is 11.3 Å². The second kappa shape index (κ2) is 5.66. The number of nitrogens with one attached hydrogen (secondary N) is 1. The minimum Gasteiger partial charge on any atom is -0.310 e. The summed E-state index contributed by atoms with van der Waals surface area (Å²) in [7, 11) is 4.35. The van der Waals surface area contributed by atoms with Crippen molar-refractivity contribution in [2.24, 2.45) is 0 Å². The van der Waals surface area contributed by atoms with Crippen LogP contribution in [-0.4, -0.2) is 25.5 Å². The predicted octanol–water partition coefficient (Wildman–Crippen LogP) is 4.69. The molecule has 1 N–H and O–H groups in total. The molecular formula is C22H24N2S. The Labute approximate surface area is 153 Å². The van der Waals surface area contributed by atoms with E-state index in [4.69, 9.17) is 0 Å². The van der Waals surface area contributed by atoms with E-state index in [1.165, 1.54) is 44.5 Å². The molecule has 0 saturated heterocycles. The SMILES string of the molecule is CNC1(c2ccc3c(c2)CN(C)CC3c2cc3ccccc3s2)CC1. The second-order valence-electron chi connectivity index (χ2n) is 7.68. The van der Waals surface area contributed by atoms with E-state index in [2.05, 4.69) is 72.8 Å². The summed E-state index contributed by atoms with van der Waals surface area (Å²) in [6, 6.07) is 18.4. The van der Waals surface area contributed by atoms with Crippen molar-refractivity contribution in [3.05, 3.63) is 70.1 Å². The molecule has 1 aliphatic carbocycles. The standard InChI is InChI=1S/C22H24N2S/c1-23-22(9-10-22)17-7-8-18-16(11-17)13-24(2)14-19(18)21-12-15-5-3-4-6-20(15)25-21/h3-8,11-12,19,23H,9-10,13-14H2,1-2H3. The third kappa shape index (κ3) is 2.53. The summed E-state index contributed by atoms with van der Waals surface area (Å²) in [5, 5.41) is 4.91. The summed E-state index contributed by atoms with van der Waals surface area (Å²) < 4.78 is 1.40. The van der Waals surface area contributed by atoms with E-state index in [1.54, 1.807) is 0 Å². The minimum absolute atomic E-state index is 0.248. The minimum atomic E-state index is 0.248. The van der Waals surface area contributed by atoms with Gasteiger partial charge in [0.2, 0.25) is 0 Å². The molecule has 1 atom stereocenters. The highest BCUT2D eigenvalue weighted by Gasteiger charge is 2.43. The quantitative estimate of drug-likeness (QED) is 0.739. The molecule has 1 unspecified atom stereocenters. The highest BCUT2D eigenvalue weighted by molar-refractivity contribution is 7.19. The molecule has 1 aromatic heterocycles. The molecule has 3 aromatic rings. The first-order valence-electron chi connectivity index (χ1n) is 9.18. The van der Waals surface area contributed by atoms with Crippen LogP contribution in [0.3, 0.4) is 0 Å². The summed E-state index contributed by atoms with van der Waals surface area (Å²) in [6.07, 6.45) is 2.52. The Hall–Kier alpha value is -1.68. The van der Waals surface area contributed by atoms with Gasteiger partial charge >= 0.3 is 0 Å². The van der Waals surface area contributed by atoms with Crippen LogP contribution in [0.2, 0.25) is 0 Å². The van der Waals surface area contributed by atoms with Crippen molar-refractivity contribution in [2.45, 2.75) is 30.8 Å². The molecule has 1 fully saturated rings. The number of thiophene rings is 1. The Balaban J connectivity index is 1.58. The molecule has 2 nitrogen and oxygen atoms in total. The van der Waals surface area contributed by atoms with Crippen molar-refractivity contribution in [3.8, 4) is 0 Å². The van der Waals surface area contributed by atoms with E-state index in [0.29, 0.717) is 5.92 Å². The van der Waals surface area contributed by atoms with E-state index in [0.717, 1.165) is 13.1 Å². The lowest BCUT2D eigenvalue weighted by atomic mass is 9.86. The van der Waals surface area contributed by atoms with Gasteiger partial charge in [0.15, 0.2) is 0 Å². The Morgan fingerprint density at radius 2 is 1.96 bits per heavy atom. The van der Waals surface area contributed by atoms with Gasteiger partial charge in [-0.2, -0.15) is 0 Å². The first kappa shape index (κ1) is 15.6. The van der Waals surface area contributed by atoms with Crippen LogP contribution in [0.4, 0.5) is 0 Å². The van der Waals surface area contributed by atoms with Crippen LogP contribution in [0.5, 0.6) is 0 Å². The Bertz CT molecular complexity index is 905. The van der Waals surface area contributed by atoms with E-state index < -0.39 is 0 Å². The van der Waals surface area contributed by atoms with Crippen LogP contribution in [0, 0.1) is 0 Å². The molecule has 2 aromatic carbocycles. The molecule has 2 heterocycles. The average molecular weight is 349 g/mol. The van der Waals surface area contributed by atoms with Crippen molar-refractivity contribution in [2.75, 3.05) is 20.6 Å². The lowest BCUT2D eigenvalue weighted by Gasteiger charge is -2.33. The smallest absolute Gasteiger partial charge is 0.0433 e. The van der Waals surface area contributed by atoms with Gasteiger partial charge in [0.05, 0.1) is 0 Å². The molecule has 0 amide bonds. The highest BCUT2D eigenvalue weighted by atomic mass is 32.1. The normalized spacial score (nSPS) is 22.1. The molecule has 2 aliphatic rings. The average Bonchev–Trinajstić information content (AvgIpc) is 3.32. The molecule has 25 heavy (non-hydrogen) atoms. The summed E-state index contributed by atoms with van der Waals surface area (Å²) >= 11 is 1.96. The third-order valence-corrected chi connectivity index (χ3v) is 7.25. The van der Waals surface area contributed by atoms with Crippen LogP contribution in [0.25, 0.3) is 10.1 Å². The number of benzene rings is 2. The van der Waals surface area contributed by atoms with E-state index >= 15 is 0 Å². The lowest BCUT2D eigenvalue weighted by Crippen LogP contribution is -2.31. The topological polar surface area (TPSA) is 15.3 Å². The Morgan fingerprint density at radius 1 is 1.12 bits per heavy atom. The molecule has 0 bridgehead atoms. The van der Waals surface area contributed by atoms with E-state index in [1.807, 2.05) is 11.3 Å². The number of rotatable bonds is 3. The molecule has 0 radical (unpaired) electrons. The van der Waals surface area contributed by atoms with Crippen molar-refractivity contribution >= 4 is 21.4 Å². The maximum atomic E-state index is 3.54. The van der Waals surface area contributed by atoms with Gasteiger partial charge in [0.1, 0.15) is 0 Å². The molecule has 1 saturated carbocycles. The monoisotopic (exact) mass is 348 g/mol. The van der Waals surface area contributed by atoms with Crippen molar-refractivity contribution in [1.29, 1.82) is 0 Å². The zero-order valence-electron chi connectivity index (χ0n) is 14.9. The summed E-state index contributed by atoms with van der Waals surface area (Å²) in [6.45, 7) is 2.17. The van der Waals surface area contributed by atoms with E-state index in [9.17, 15) is 0 Å². The van der Waals surface area contributed by atoms with Gasteiger partial charge in [-0.15, -0.1) is 11.3 Å². The van der Waals surface area contributed by atoms with Crippen LogP contribution in [0.15, 0.2) is 48.5 Å². The number of fused-ring (bicyclic) bond motifs is 2. The fourth-order valence-corrected chi connectivity index (χ4v) is 5.55. The number of nitrogens with zero attached hydrogens (tertiary/aromatic N) is 1. The predicted molar refractivity (Wildman–Crippen MR) is 106 cm³/mol. The van der Waals surface area contributed by atoms with Gasteiger partial charge in [-0.25, -0.2) is 0 Å². The fourth-order valence-electron chi connectivity index (χ4n) is 4.37. The first-order valence-corrected chi connectivity index (χ1v) is 9.99. The molecule has 128 valence electrons.